The summed E-state index contributed by atoms with van der Waals surface area (Å²) in [5.41, 5.74) is 2.44. The van der Waals surface area contributed by atoms with E-state index < -0.39 is 5.95 Å². The summed E-state index contributed by atoms with van der Waals surface area (Å²) in [6.07, 6.45) is 8.35. The van der Waals surface area contributed by atoms with Crippen LogP contribution in [0, 0.1) is 5.95 Å². The van der Waals surface area contributed by atoms with Crippen LogP contribution in [0.3, 0.4) is 0 Å². The fourth-order valence-corrected chi connectivity index (χ4v) is 1.58. The van der Waals surface area contributed by atoms with Crippen LogP contribution in [-0.4, -0.2) is 19.4 Å². The molecule has 0 unspecified atom stereocenters. The van der Waals surface area contributed by atoms with Crippen molar-refractivity contribution in [3.8, 4) is 11.3 Å². The van der Waals surface area contributed by atoms with Crippen molar-refractivity contribution in [1.82, 2.24) is 19.4 Å². The molecule has 5 heteroatoms. The van der Waals surface area contributed by atoms with Crippen molar-refractivity contribution in [2.24, 2.45) is 0 Å². The summed E-state index contributed by atoms with van der Waals surface area (Å²) in [6, 6.07) is 3.00. The second-order valence-corrected chi connectivity index (χ2v) is 3.32. The summed E-state index contributed by atoms with van der Waals surface area (Å²) >= 11 is 0. The molecule has 16 heavy (non-hydrogen) atoms. The summed E-state index contributed by atoms with van der Waals surface area (Å²) in [4.78, 5) is 11.8. The minimum atomic E-state index is -0.487. The van der Waals surface area contributed by atoms with Crippen LogP contribution in [0.1, 0.15) is 0 Å². The van der Waals surface area contributed by atoms with Crippen LogP contribution in [0.2, 0.25) is 0 Å². The first-order chi connectivity index (χ1) is 7.84. The maximum Gasteiger partial charge on any atom is 0.212 e. The second-order valence-electron chi connectivity index (χ2n) is 3.32. The zero-order chi connectivity index (χ0) is 11.0. The molecule has 0 fully saturated rings. The van der Waals surface area contributed by atoms with E-state index in [-0.39, 0.29) is 0 Å². The van der Waals surface area contributed by atoms with Gasteiger partial charge in [-0.2, -0.15) is 4.39 Å². The van der Waals surface area contributed by atoms with Gasteiger partial charge < -0.3 is 0 Å². The second kappa shape index (κ2) is 3.37. The number of nitrogens with zero attached hydrogens (tertiary/aromatic N) is 4. The largest absolute Gasteiger partial charge is 0.297 e. The molecule has 0 N–H and O–H groups in total. The molecule has 0 aromatic carbocycles. The van der Waals surface area contributed by atoms with Crippen molar-refractivity contribution >= 4 is 5.65 Å². The lowest BCUT2D eigenvalue weighted by Gasteiger charge is -2.00. The first kappa shape index (κ1) is 8.96. The molecule has 0 spiro atoms. The van der Waals surface area contributed by atoms with Crippen molar-refractivity contribution in [1.29, 1.82) is 0 Å². The average Bonchev–Trinajstić information content (AvgIpc) is 2.74. The Morgan fingerprint density at radius 3 is 2.81 bits per heavy atom. The van der Waals surface area contributed by atoms with E-state index in [0.29, 0.717) is 0 Å². The molecule has 0 bridgehead atoms. The molecule has 0 aliphatic carbocycles. The van der Waals surface area contributed by atoms with Gasteiger partial charge in [0.15, 0.2) is 5.65 Å². The first-order valence-corrected chi connectivity index (χ1v) is 4.73. The predicted molar refractivity (Wildman–Crippen MR) is 56.2 cm³/mol. The van der Waals surface area contributed by atoms with Gasteiger partial charge >= 0.3 is 0 Å². The molecular weight excluding hydrogens is 207 g/mol. The van der Waals surface area contributed by atoms with Gasteiger partial charge in [-0.3, -0.25) is 9.38 Å². The van der Waals surface area contributed by atoms with Crippen molar-refractivity contribution in [2.45, 2.75) is 0 Å². The molecule has 78 valence electrons. The fourth-order valence-electron chi connectivity index (χ4n) is 1.58. The number of hydrogen-bond donors (Lipinski definition) is 0. The topological polar surface area (TPSA) is 43.1 Å². The number of hydrogen-bond acceptors (Lipinski definition) is 3. The van der Waals surface area contributed by atoms with Crippen molar-refractivity contribution in [2.75, 3.05) is 0 Å². The Bertz CT molecular complexity index is 630. The monoisotopic (exact) mass is 214 g/mol. The Labute approximate surface area is 90.4 Å². The Balaban J connectivity index is 2.22. The van der Waals surface area contributed by atoms with Crippen molar-refractivity contribution in [3.05, 3.63) is 49.1 Å². The molecule has 3 heterocycles. The summed E-state index contributed by atoms with van der Waals surface area (Å²) in [7, 11) is 0. The maximum absolute atomic E-state index is 12.7. The van der Waals surface area contributed by atoms with Gasteiger partial charge in [0, 0.05) is 24.2 Å². The standard InChI is InChI=1S/C11H7FN4/c12-10-2-1-8(5-14-10)9-6-15-11-7-13-3-4-16(9)11/h1-7H. The van der Waals surface area contributed by atoms with Gasteiger partial charge in [-0.1, -0.05) is 0 Å². The minimum absolute atomic E-state index is 0.487. The van der Waals surface area contributed by atoms with E-state index in [9.17, 15) is 4.39 Å². The average molecular weight is 214 g/mol. The molecule has 3 aromatic heterocycles. The summed E-state index contributed by atoms with van der Waals surface area (Å²) < 4.78 is 14.6. The van der Waals surface area contributed by atoms with E-state index in [1.165, 1.54) is 12.3 Å². The zero-order valence-corrected chi connectivity index (χ0v) is 8.21. The molecule has 3 aromatic rings. The lowest BCUT2D eigenvalue weighted by Crippen LogP contribution is -1.89. The fraction of sp³-hybridized carbons (Fsp3) is 0. The highest BCUT2D eigenvalue weighted by atomic mass is 19.1. The van der Waals surface area contributed by atoms with Crippen LogP contribution in [0.4, 0.5) is 4.39 Å². The van der Waals surface area contributed by atoms with Crippen LogP contribution < -0.4 is 0 Å². The number of rotatable bonds is 1. The van der Waals surface area contributed by atoms with Gasteiger partial charge in [0.1, 0.15) is 0 Å². The molecule has 0 saturated heterocycles. The minimum Gasteiger partial charge on any atom is -0.297 e. The van der Waals surface area contributed by atoms with E-state index in [4.69, 9.17) is 0 Å². The highest BCUT2D eigenvalue weighted by molar-refractivity contribution is 5.61. The number of halogens is 1. The summed E-state index contributed by atoms with van der Waals surface area (Å²) in [5.74, 6) is -0.487. The number of pyridine rings is 1. The van der Waals surface area contributed by atoms with E-state index in [0.717, 1.165) is 16.9 Å². The van der Waals surface area contributed by atoms with Gasteiger partial charge in [-0.05, 0) is 12.1 Å². The van der Waals surface area contributed by atoms with E-state index in [2.05, 4.69) is 15.0 Å². The molecule has 0 saturated carbocycles. The molecular formula is C11H7FN4. The Kier molecular flexibility index (Phi) is 1.89. The van der Waals surface area contributed by atoms with E-state index in [1.807, 2.05) is 4.40 Å². The Morgan fingerprint density at radius 2 is 2.00 bits per heavy atom. The quantitative estimate of drug-likeness (QED) is 0.581. The van der Waals surface area contributed by atoms with Gasteiger partial charge in [0.05, 0.1) is 18.1 Å². The van der Waals surface area contributed by atoms with E-state index in [1.54, 1.807) is 30.9 Å². The first-order valence-electron chi connectivity index (χ1n) is 4.73. The van der Waals surface area contributed by atoms with Crippen LogP contribution >= 0.6 is 0 Å². The third-order valence-electron chi connectivity index (χ3n) is 2.34. The molecule has 4 nitrogen and oxygen atoms in total. The molecule has 0 amide bonds. The van der Waals surface area contributed by atoms with Gasteiger partial charge in [-0.15, -0.1) is 0 Å². The summed E-state index contributed by atoms with van der Waals surface area (Å²) in [6.45, 7) is 0. The third-order valence-corrected chi connectivity index (χ3v) is 2.34. The zero-order valence-electron chi connectivity index (χ0n) is 8.21. The van der Waals surface area contributed by atoms with Gasteiger partial charge in [0.2, 0.25) is 5.95 Å². The smallest absolute Gasteiger partial charge is 0.212 e. The highest BCUT2D eigenvalue weighted by Crippen LogP contribution is 2.19. The van der Waals surface area contributed by atoms with E-state index >= 15 is 0 Å². The number of imidazole rings is 1. The van der Waals surface area contributed by atoms with Crippen LogP contribution in [0.5, 0.6) is 0 Å². The Morgan fingerprint density at radius 1 is 1.06 bits per heavy atom. The molecule has 0 radical (unpaired) electrons. The Hall–Kier alpha value is -2.30. The molecule has 3 rings (SSSR count). The van der Waals surface area contributed by atoms with Crippen molar-refractivity contribution < 1.29 is 4.39 Å². The van der Waals surface area contributed by atoms with Crippen LogP contribution in [-0.2, 0) is 0 Å². The molecule has 0 aliphatic heterocycles. The maximum atomic E-state index is 12.7. The van der Waals surface area contributed by atoms with Crippen LogP contribution in [0.25, 0.3) is 16.9 Å². The number of fused-ring (bicyclic) bond motifs is 1. The number of aromatic nitrogens is 4. The van der Waals surface area contributed by atoms with Crippen molar-refractivity contribution in [3.63, 3.8) is 0 Å². The third kappa shape index (κ3) is 1.33. The predicted octanol–water partition coefficient (Wildman–Crippen LogP) is 1.93. The summed E-state index contributed by atoms with van der Waals surface area (Å²) in [5, 5.41) is 0. The van der Waals surface area contributed by atoms with Gasteiger partial charge in [-0.25, -0.2) is 9.97 Å². The lowest BCUT2D eigenvalue weighted by molar-refractivity contribution is 0.584. The van der Waals surface area contributed by atoms with Gasteiger partial charge in [0.25, 0.3) is 0 Å². The lowest BCUT2D eigenvalue weighted by atomic mass is 10.2. The molecule has 0 aliphatic rings. The SMILES string of the molecule is Fc1ccc(-c2cnc3cnccn23)cn1. The highest BCUT2D eigenvalue weighted by Gasteiger charge is 2.05. The normalized spacial score (nSPS) is 10.8. The van der Waals surface area contributed by atoms with Crippen LogP contribution in [0.15, 0.2) is 43.1 Å². The molecule has 0 atom stereocenters.